The number of hydrogen-bond acceptors (Lipinski definition) is 7. The van der Waals surface area contributed by atoms with Gasteiger partial charge in [0.25, 0.3) is 0 Å². The topological polar surface area (TPSA) is 129 Å². The molecule has 4 amide bonds. The van der Waals surface area contributed by atoms with Crippen molar-refractivity contribution in [2.24, 2.45) is 23.7 Å². The Morgan fingerprint density at radius 2 is 1.69 bits per heavy atom. The van der Waals surface area contributed by atoms with Crippen molar-refractivity contribution in [1.29, 1.82) is 0 Å². The third kappa shape index (κ3) is 11.2. The molecule has 0 radical (unpaired) electrons. The highest BCUT2D eigenvalue weighted by Crippen LogP contribution is 2.30. The van der Waals surface area contributed by atoms with E-state index in [9.17, 15) is 19.2 Å². The molecule has 2 saturated heterocycles. The summed E-state index contributed by atoms with van der Waals surface area (Å²) in [7, 11) is 4.96. The summed E-state index contributed by atoms with van der Waals surface area (Å²) in [6.07, 6.45) is 17.1. The molecule has 0 aromatic rings. The first kappa shape index (κ1) is 42.4. The van der Waals surface area contributed by atoms with Gasteiger partial charge in [-0.05, 0) is 69.7 Å². The zero-order valence-corrected chi connectivity index (χ0v) is 32.8. The minimum atomic E-state index is -0.724. The molecule has 51 heavy (non-hydrogen) atoms. The van der Waals surface area contributed by atoms with Crippen LogP contribution in [-0.4, -0.2) is 110 Å². The van der Waals surface area contributed by atoms with E-state index >= 15 is 0 Å². The molecule has 2 aliphatic heterocycles. The summed E-state index contributed by atoms with van der Waals surface area (Å²) in [4.78, 5) is 58.6. The van der Waals surface area contributed by atoms with Crippen LogP contribution in [0, 0.1) is 23.7 Å². The van der Waals surface area contributed by atoms with E-state index in [-0.39, 0.29) is 53.8 Å². The summed E-state index contributed by atoms with van der Waals surface area (Å²) in [6, 6.07) is -1.38. The number of likely N-dealkylation sites (tertiary alicyclic amines) is 1. The highest BCUT2D eigenvalue weighted by molar-refractivity contribution is 5.92. The maximum atomic E-state index is 14.2. The molecule has 11 nitrogen and oxygen atoms in total. The molecule has 288 valence electrons. The van der Waals surface area contributed by atoms with Crippen molar-refractivity contribution < 1.29 is 28.7 Å². The van der Waals surface area contributed by atoms with Crippen molar-refractivity contribution >= 4 is 23.6 Å². The van der Waals surface area contributed by atoms with E-state index in [4.69, 9.17) is 9.47 Å². The second kappa shape index (κ2) is 20.3. The Bertz CT molecular complexity index is 1230. The molecule has 0 spiro atoms. The number of allylic oxidation sites excluding steroid dienone is 6. The first-order valence-electron chi connectivity index (χ1n) is 19.3. The van der Waals surface area contributed by atoms with Gasteiger partial charge in [-0.1, -0.05) is 77.5 Å². The molecule has 0 aromatic carbocycles. The van der Waals surface area contributed by atoms with Gasteiger partial charge in [0.15, 0.2) is 0 Å². The smallest absolute Gasteiger partial charge is 0.245 e. The zero-order chi connectivity index (χ0) is 37.7. The lowest BCUT2D eigenvalue weighted by molar-refractivity contribution is -0.148. The van der Waals surface area contributed by atoms with Crippen LogP contribution in [0.15, 0.2) is 36.5 Å². The lowest BCUT2D eigenvalue weighted by Crippen LogP contribution is -2.63. The number of amides is 4. The van der Waals surface area contributed by atoms with Gasteiger partial charge < -0.3 is 35.2 Å². The van der Waals surface area contributed by atoms with Crippen molar-refractivity contribution in [3.63, 3.8) is 0 Å². The number of carbonyl (C=O) groups is 4. The Labute approximate surface area is 307 Å². The maximum Gasteiger partial charge on any atom is 0.245 e. The quantitative estimate of drug-likeness (QED) is 0.192. The Hall–Kier alpha value is -3.02. The van der Waals surface area contributed by atoms with Gasteiger partial charge in [-0.3, -0.25) is 19.2 Å². The van der Waals surface area contributed by atoms with E-state index < -0.39 is 35.7 Å². The molecule has 11 heteroatoms. The fourth-order valence-electron chi connectivity index (χ4n) is 7.91. The first-order chi connectivity index (χ1) is 24.3. The monoisotopic (exact) mass is 714 g/mol. The van der Waals surface area contributed by atoms with E-state index in [1.807, 2.05) is 56.9 Å². The molecule has 2 fully saturated rings. The van der Waals surface area contributed by atoms with Gasteiger partial charge in [-0.2, -0.15) is 0 Å². The third-order valence-corrected chi connectivity index (χ3v) is 11.4. The standard InChI is InChI=1S/C40H67N5O6/c1-10-28(4)35(44(7)38(48)34(27(2)3)43-39(49)40(6)22-15-16-23-42-40)32(50-8)26-33(46)45-25-17-20-31(45)36(51-9)29(5)37(47)41-24-21-30-18-13-11-12-14-19-30/h11-14,18-19,27-32,34-36,42H,10,15-17,20-26H2,1-9H3,(H,41,47)(H,43,49)/t28-,29+,31-,32-,34-,35-,36+,40-/m0/s1. The minimum Gasteiger partial charge on any atom is -0.379 e. The van der Waals surface area contributed by atoms with Gasteiger partial charge in [0.1, 0.15) is 6.04 Å². The molecule has 0 aromatic heterocycles. The van der Waals surface area contributed by atoms with Crippen LogP contribution in [0.2, 0.25) is 0 Å². The van der Waals surface area contributed by atoms with E-state index in [1.165, 1.54) is 0 Å². The third-order valence-electron chi connectivity index (χ3n) is 11.4. The Kier molecular flexibility index (Phi) is 16.9. The SMILES string of the molecule is CC[C@H](C)[C@@H]([C@H](CC(=O)N1CCC[C@H]1[C@H](OC)[C@@H](C)C(=O)NCCC1C=CC=CC=C1)OC)N(C)C(=O)[C@@H](NC(=O)[C@]1(C)CCCCN1)C(C)C. The van der Waals surface area contributed by atoms with Crippen LogP contribution in [-0.2, 0) is 28.7 Å². The van der Waals surface area contributed by atoms with E-state index in [0.29, 0.717) is 13.1 Å². The summed E-state index contributed by atoms with van der Waals surface area (Å²) < 4.78 is 12.0. The summed E-state index contributed by atoms with van der Waals surface area (Å²) in [6.45, 7) is 13.7. The molecule has 2 heterocycles. The van der Waals surface area contributed by atoms with Gasteiger partial charge in [0, 0.05) is 34.4 Å². The molecule has 1 aliphatic carbocycles. The average molecular weight is 714 g/mol. The van der Waals surface area contributed by atoms with E-state index in [2.05, 4.69) is 41.9 Å². The number of nitrogens with one attached hydrogen (secondary N) is 3. The molecule has 0 saturated carbocycles. The zero-order valence-electron chi connectivity index (χ0n) is 32.8. The van der Waals surface area contributed by atoms with Crippen LogP contribution in [0.25, 0.3) is 0 Å². The minimum absolute atomic E-state index is 0.0165. The molecule has 3 aliphatic rings. The first-order valence-corrected chi connectivity index (χ1v) is 19.3. The second-order valence-electron chi connectivity index (χ2n) is 15.4. The van der Waals surface area contributed by atoms with Gasteiger partial charge in [0.2, 0.25) is 23.6 Å². The largest absolute Gasteiger partial charge is 0.379 e. The molecule has 8 atom stereocenters. The van der Waals surface area contributed by atoms with Gasteiger partial charge in [-0.25, -0.2) is 0 Å². The lowest BCUT2D eigenvalue weighted by Gasteiger charge is -2.41. The predicted molar refractivity (Wildman–Crippen MR) is 202 cm³/mol. The van der Waals surface area contributed by atoms with Crippen LogP contribution in [0.4, 0.5) is 0 Å². The number of methoxy groups -OCH3 is 2. The predicted octanol–water partition coefficient (Wildman–Crippen LogP) is 4.38. The van der Waals surface area contributed by atoms with Crippen LogP contribution >= 0.6 is 0 Å². The fourth-order valence-corrected chi connectivity index (χ4v) is 7.91. The van der Waals surface area contributed by atoms with Gasteiger partial charge in [0.05, 0.1) is 42.2 Å². The number of carbonyl (C=O) groups excluding carboxylic acids is 4. The number of rotatable bonds is 18. The summed E-state index contributed by atoms with van der Waals surface area (Å²) >= 11 is 0. The summed E-state index contributed by atoms with van der Waals surface area (Å²) in [5, 5.41) is 9.50. The molecule has 0 bridgehead atoms. The number of nitrogens with zero attached hydrogens (tertiary/aromatic N) is 2. The normalized spacial score (nSPS) is 24.4. The van der Waals surface area contributed by atoms with Crippen LogP contribution < -0.4 is 16.0 Å². The highest BCUT2D eigenvalue weighted by atomic mass is 16.5. The molecular formula is C40H67N5O6. The summed E-state index contributed by atoms with van der Waals surface area (Å²) in [5.74, 6) is -0.860. The number of piperidine rings is 1. The molecule has 3 rings (SSSR count). The lowest BCUT2D eigenvalue weighted by atomic mass is 9.88. The van der Waals surface area contributed by atoms with Gasteiger partial charge in [-0.15, -0.1) is 0 Å². The molecule has 0 unspecified atom stereocenters. The van der Waals surface area contributed by atoms with Crippen molar-refractivity contribution in [3.8, 4) is 0 Å². The van der Waals surface area contributed by atoms with Crippen molar-refractivity contribution in [2.75, 3.05) is 40.9 Å². The Morgan fingerprint density at radius 3 is 2.25 bits per heavy atom. The van der Waals surface area contributed by atoms with Crippen molar-refractivity contribution in [1.82, 2.24) is 25.8 Å². The van der Waals surface area contributed by atoms with E-state index in [0.717, 1.165) is 51.5 Å². The van der Waals surface area contributed by atoms with Crippen molar-refractivity contribution in [3.05, 3.63) is 36.5 Å². The Morgan fingerprint density at radius 1 is 1.00 bits per heavy atom. The summed E-state index contributed by atoms with van der Waals surface area (Å²) in [5.41, 5.74) is -0.714. The Balaban J connectivity index is 1.70. The van der Waals surface area contributed by atoms with Crippen LogP contribution in [0.3, 0.4) is 0 Å². The second-order valence-corrected chi connectivity index (χ2v) is 15.4. The van der Waals surface area contributed by atoms with Crippen molar-refractivity contribution in [2.45, 2.75) is 129 Å². The number of likely N-dealkylation sites (N-methyl/N-ethyl adjacent to an activating group) is 1. The van der Waals surface area contributed by atoms with Crippen LogP contribution in [0.1, 0.15) is 92.9 Å². The fraction of sp³-hybridized carbons (Fsp3) is 0.750. The van der Waals surface area contributed by atoms with E-state index in [1.54, 1.807) is 26.2 Å². The molecular weight excluding hydrogens is 646 g/mol. The highest BCUT2D eigenvalue weighted by Gasteiger charge is 2.43. The maximum absolute atomic E-state index is 14.2. The average Bonchev–Trinajstić information content (AvgIpc) is 3.45. The number of ether oxygens (including phenoxy) is 2. The number of hydrogen-bond donors (Lipinski definition) is 3. The van der Waals surface area contributed by atoms with Crippen LogP contribution in [0.5, 0.6) is 0 Å². The molecule has 3 N–H and O–H groups in total. The van der Waals surface area contributed by atoms with Gasteiger partial charge >= 0.3 is 0 Å².